The lowest BCUT2D eigenvalue weighted by molar-refractivity contribution is 0.171. The number of hydrogen-bond acceptors (Lipinski definition) is 4. The Morgan fingerprint density at radius 2 is 1.67 bits per heavy atom. The summed E-state index contributed by atoms with van der Waals surface area (Å²) in [6.45, 7) is 6.34. The average molecular weight is 345 g/mol. The van der Waals surface area contributed by atoms with E-state index in [1.54, 1.807) is 0 Å². The standard InChI is InChI=1S/C19H21ClN2O2/c20-16-2-1-3-17(13-16)22-8-6-21(7-9-22)14-15-4-5-18-19(12-15)24-11-10-23-18/h1-5,12-13H,6-11,14H2. The first kappa shape index (κ1) is 15.6. The molecule has 5 heteroatoms. The van der Waals surface area contributed by atoms with E-state index in [1.165, 1.54) is 11.3 Å². The summed E-state index contributed by atoms with van der Waals surface area (Å²) >= 11 is 6.10. The molecule has 0 amide bonds. The van der Waals surface area contributed by atoms with Crippen LogP contribution in [0.4, 0.5) is 5.69 Å². The fraction of sp³-hybridized carbons (Fsp3) is 0.368. The van der Waals surface area contributed by atoms with Crippen molar-refractivity contribution >= 4 is 17.3 Å². The minimum atomic E-state index is 0.634. The van der Waals surface area contributed by atoms with Gasteiger partial charge in [0.1, 0.15) is 13.2 Å². The van der Waals surface area contributed by atoms with Gasteiger partial charge in [0.2, 0.25) is 0 Å². The smallest absolute Gasteiger partial charge is 0.161 e. The predicted octanol–water partition coefficient (Wildman–Crippen LogP) is 3.43. The zero-order chi connectivity index (χ0) is 16.4. The Labute approximate surface area is 147 Å². The second-order valence-corrected chi connectivity index (χ2v) is 6.66. The predicted molar refractivity (Wildman–Crippen MR) is 96.4 cm³/mol. The molecule has 2 aliphatic rings. The quantitative estimate of drug-likeness (QED) is 0.851. The summed E-state index contributed by atoms with van der Waals surface area (Å²) in [4.78, 5) is 4.87. The monoisotopic (exact) mass is 344 g/mol. The first-order valence-corrected chi connectivity index (χ1v) is 8.77. The number of benzene rings is 2. The lowest BCUT2D eigenvalue weighted by atomic mass is 10.1. The van der Waals surface area contributed by atoms with Gasteiger partial charge in [0, 0.05) is 43.4 Å². The number of nitrogens with zero attached hydrogens (tertiary/aromatic N) is 2. The molecule has 0 saturated carbocycles. The van der Waals surface area contributed by atoms with Gasteiger partial charge >= 0.3 is 0 Å². The maximum Gasteiger partial charge on any atom is 0.161 e. The molecule has 0 atom stereocenters. The minimum absolute atomic E-state index is 0.634. The summed E-state index contributed by atoms with van der Waals surface area (Å²) in [6.07, 6.45) is 0. The Morgan fingerprint density at radius 3 is 2.46 bits per heavy atom. The molecule has 0 bridgehead atoms. The first-order valence-electron chi connectivity index (χ1n) is 8.39. The van der Waals surface area contributed by atoms with E-state index in [1.807, 2.05) is 24.3 Å². The molecule has 24 heavy (non-hydrogen) atoms. The van der Waals surface area contributed by atoms with Crippen LogP contribution in [0.3, 0.4) is 0 Å². The highest BCUT2D eigenvalue weighted by atomic mass is 35.5. The summed E-state index contributed by atoms with van der Waals surface area (Å²) in [5.41, 5.74) is 2.48. The lowest BCUT2D eigenvalue weighted by Crippen LogP contribution is -2.45. The lowest BCUT2D eigenvalue weighted by Gasteiger charge is -2.36. The van der Waals surface area contributed by atoms with E-state index in [0.29, 0.717) is 13.2 Å². The van der Waals surface area contributed by atoms with Gasteiger partial charge in [-0.2, -0.15) is 0 Å². The highest BCUT2D eigenvalue weighted by molar-refractivity contribution is 6.30. The first-order chi connectivity index (χ1) is 11.8. The van der Waals surface area contributed by atoms with Crippen LogP contribution >= 0.6 is 11.6 Å². The number of hydrogen-bond donors (Lipinski definition) is 0. The van der Waals surface area contributed by atoms with Crippen LogP contribution in [0.15, 0.2) is 42.5 Å². The molecule has 0 N–H and O–H groups in total. The number of rotatable bonds is 3. The molecule has 2 heterocycles. The van der Waals surface area contributed by atoms with E-state index in [9.17, 15) is 0 Å². The van der Waals surface area contributed by atoms with Crippen LogP contribution in [0.2, 0.25) is 5.02 Å². The van der Waals surface area contributed by atoms with Gasteiger partial charge in [-0.25, -0.2) is 0 Å². The Balaban J connectivity index is 1.36. The van der Waals surface area contributed by atoms with E-state index in [4.69, 9.17) is 21.1 Å². The van der Waals surface area contributed by atoms with Crippen molar-refractivity contribution in [2.75, 3.05) is 44.3 Å². The Kier molecular flexibility index (Phi) is 4.50. The maximum atomic E-state index is 6.10. The van der Waals surface area contributed by atoms with Gasteiger partial charge in [-0.15, -0.1) is 0 Å². The van der Waals surface area contributed by atoms with E-state index in [0.717, 1.165) is 49.2 Å². The third kappa shape index (κ3) is 3.45. The second-order valence-electron chi connectivity index (χ2n) is 6.22. The van der Waals surface area contributed by atoms with Crippen molar-refractivity contribution in [2.45, 2.75) is 6.54 Å². The SMILES string of the molecule is Clc1cccc(N2CCN(Cc3ccc4c(c3)OCCO4)CC2)c1. The molecule has 1 saturated heterocycles. The van der Waals surface area contributed by atoms with Crippen LogP contribution in [0.25, 0.3) is 0 Å². The number of fused-ring (bicyclic) bond motifs is 1. The number of piperazine rings is 1. The van der Waals surface area contributed by atoms with Crippen molar-refractivity contribution in [3.8, 4) is 11.5 Å². The summed E-state index contributed by atoms with van der Waals surface area (Å²) in [6, 6.07) is 14.4. The van der Waals surface area contributed by atoms with Crippen LogP contribution in [0.5, 0.6) is 11.5 Å². The fourth-order valence-corrected chi connectivity index (χ4v) is 3.47. The zero-order valence-electron chi connectivity index (χ0n) is 13.6. The van der Waals surface area contributed by atoms with Crippen LogP contribution in [-0.2, 0) is 6.54 Å². The normalized spacial score (nSPS) is 17.8. The third-order valence-corrected chi connectivity index (χ3v) is 4.79. The molecular formula is C19H21ClN2O2. The largest absolute Gasteiger partial charge is 0.486 e. The Morgan fingerprint density at radius 1 is 0.875 bits per heavy atom. The van der Waals surface area contributed by atoms with Crippen LogP contribution in [0.1, 0.15) is 5.56 Å². The summed E-state index contributed by atoms with van der Waals surface area (Å²) in [5, 5.41) is 0.797. The summed E-state index contributed by atoms with van der Waals surface area (Å²) in [7, 11) is 0. The van der Waals surface area contributed by atoms with Gasteiger partial charge in [-0.05, 0) is 35.9 Å². The van der Waals surface area contributed by atoms with Gasteiger partial charge in [0.05, 0.1) is 0 Å². The van der Waals surface area contributed by atoms with Crippen molar-refractivity contribution in [2.24, 2.45) is 0 Å². The molecule has 4 rings (SSSR count). The molecular weight excluding hydrogens is 324 g/mol. The van der Waals surface area contributed by atoms with Gasteiger partial charge in [0.25, 0.3) is 0 Å². The van der Waals surface area contributed by atoms with Crippen LogP contribution in [-0.4, -0.2) is 44.3 Å². The molecule has 0 aromatic heterocycles. The van der Waals surface area contributed by atoms with E-state index >= 15 is 0 Å². The minimum Gasteiger partial charge on any atom is -0.486 e. The topological polar surface area (TPSA) is 24.9 Å². The highest BCUT2D eigenvalue weighted by Gasteiger charge is 2.18. The molecule has 1 fully saturated rings. The second kappa shape index (κ2) is 6.91. The van der Waals surface area contributed by atoms with Crippen molar-refractivity contribution < 1.29 is 9.47 Å². The van der Waals surface area contributed by atoms with E-state index in [-0.39, 0.29) is 0 Å². The number of halogens is 1. The van der Waals surface area contributed by atoms with Gasteiger partial charge in [-0.1, -0.05) is 23.7 Å². The van der Waals surface area contributed by atoms with Gasteiger partial charge < -0.3 is 14.4 Å². The molecule has 0 unspecified atom stereocenters. The molecule has 0 spiro atoms. The van der Waals surface area contributed by atoms with Crippen molar-refractivity contribution in [3.05, 3.63) is 53.1 Å². The van der Waals surface area contributed by atoms with Crippen LogP contribution in [0, 0.1) is 0 Å². The summed E-state index contributed by atoms with van der Waals surface area (Å²) in [5.74, 6) is 1.73. The molecule has 4 nitrogen and oxygen atoms in total. The van der Waals surface area contributed by atoms with E-state index in [2.05, 4.69) is 28.0 Å². The number of anilines is 1. The third-order valence-electron chi connectivity index (χ3n) is 4.56. The molecule has 2 aromatic rings. The maximum absolute atomic E-state index is 6.10. The zero-order valence-corrected chi connectivity index (χ0v) is 14.3. The summed E-state index contributed by atoms with van der Waals surface area (Å²) < 4.78 is 11.3. The molecule has 0 aliphatic carbocycles. The highest BCUT2D eigenvalue weighted by Crippen LogP contribution is 2.31. The molecule has 126 valence electrons. The van der Waals surface area contributed by atoms with Crippen LogP contribution < -0.4 is 14.4 Å². The molecule has 0 radical (unpaired) electrons. The van der Waals surface area contributed by atoms with Crippen molar-refractivity contribution in [3.63, 3.8) is 0 Å². The fourth-order valence-electron chi connectivity index (χ4n) is 3.28. The number of ether oxygens (including phenoxy) is 2. The van der Waals surface area contributed by atoms with Crippen molar-refractivity contribution in [1.29, 1.82) is 0 Å². The molecule has 2 aromatic carbocycles. The van der Waals surface area contributed by atoms with Gasteiger partial charge in [0.15, 0.2) is 11.5 Å². The average Bonchev–Trinajstić information content (AvgIpc) is 2.62. The van der Waals surface area contributed by atoms with Crippen molar-refractivity contribution in [1.82, 2.24) is 4.90 Å². The molecule has 2 aliphatic heterocycles. The van der Waals surface area contributed by atoms with E-state index < -0.39 is 0 Å². The Bertz CT molecular complexity index is 714. The van der Waals surface area contributed by atoms with Gasteiger partial charge in [-0.3, -0.25) is 4.90 Å². The Hall–Kier alpha value is -1.91.